The van der Waals surface area contributed by atoms with Gasteiger partial charge in [0.15, 0.2) is 0 Å². The van der Waals surface area contributed by atoms with Crippen LogP contribution in [0.5, 0.6) is 5.75 Å². The van der Waals surface area contributed by atoms with E-state index in [0.29, 0.717) is 6.04 Å². The van der Waals surface area contributed by atoms with E-state index in [-0.39, 0.29) is 0 Å². The Morgan fingerprint density at radius 3 is 2.38 bits per heavy atom. The van der Waals surface area contributed by atoms with Crippen molar-refractivity contribution in [2.75, 3.05) is 20.2 Å². The predicted octanol–water partition coefficient (Wildman–Crippen LogP) is 3.67. The van der Waals surface area contributed by atoms with Crippen molar-refractivity contribution in [3.63, 3.8) is 0 Å². The van der Waals surface area contributed by atoms with E-state index in [1.165, 1.54) is 30.4 Å². The van der Waals surface area contributed by atoms with Crippen LogP contribution in [0.2, 0.25) is 0 Å². The summed E-state index contributed by atoms with van der Waals surface area (Å²) in [7, 11) is 1.71. The molecule has 2 aromatic rings. The first-order chi connectivity index (χ1) is 10.4. The molecule has 110 valence electrons. The summed E-state index contributed by atoms with van der Waals surface area (Å²) in [5.74, 6) is 0.905. The molecule has 0 N–H and O–H groups in total. The van der Waals surface area contributed by atoms with Gasteiger partial charge in [-0.05, 0) is 55.3 Å². The summed E-state index contributed by atoms with van der Waals surface area (Å²) >= 11 is 0. The second-order valence-electron chi connectivity index (χ2n) is 5.56. The van der Waals surface area contributed by atoms with E-state index >= 15 is 0 Å². The highest BCUT2D eigenvalue weighted by Gasteiger charge is 2.24. The van der Waals surface area contributed by atoms with Gasteiger partial charge in [-0.2, -0.15) is 0 Å². The Labute approximate surface area is 126 Å². The van der Waals surface area contributed by atoms with Gasteiger partial charge < -0.3 is 4.74 Å². The smallest absolute Gasteiger partial charge is 0.118 e. The van der Waals surface area contributed by atoms with Gasteiger partial charge >= 0.3 is 0 Å². The maximum atomic E-state index is 5.27. The number of hydrogen-bond acceptors (Lipinski definition) is 3. The molecule has 3 rings (SSSR count). The molecule has 3 heteroatoms. The molecule has 0 aliphatic carbocycles. The second-order valence-corrected chi connectivity index (χ2v) is 5.56. The van der Waals surface area contributed by atoms with E-state index in [2.05, 4.69) is 28.1 Å². The van der Waals surface area contributed by atoms with Gasteiger partial charge in [-0.25, -0.2) is 0 Å². The molecule has 2 heterocycles. The zero-order valence-electron chi connectivity index (χ0n) is 12.5. The zero-order valence-corrected chi connectivity index (χ0v) is 12.5. The van der Waals surface area contributed by atoms with Crippen LogP contribution >= 0.6 is 0 Å². The summed E-state index contributed by atoms with van der Waals surface area (Å²) in [6.07, 6.45) is 7.74. The van der Waals surface area contributed by atoms with Crippen LogP contribution in [0.15, 0.2) is 48.8 Å². The number of pyridine rings is 1. The van der Waals surface area contributed by atoms with Crippen molar-refractivity contribution in [2.24, 2.45) is 0 Å². The third kappa shape index (κ3) is 3.24. The Balaban J connectivity index is 1.94. The Morgan fingerprint density at radius 1 is 1.00 bits per heavy atom. The minimum Gasteiger partial charge on any atom is -0.497 e. The van der Waals surface area contributed by atoms with Gasteiger partial charge in [0.1, 0.15) is 5.75 Å². The Morgan fingerprint density at radius 2 is 1.76 bits per heavy atom. The average molecular weight is 282 g/mol. The number of benzene rings is 1. The van der Waals surface area contributed by atoms with Gasteiger partial charge in [0.25, 0.3) is 0 Å². The van der Waals surface area contributed by atoms with Crippen molar-refractivity contribution in [3.8, 4) is 5.75 Å². The van der Waals surface area contributed by atoms with E-state index in [1.807, 2.05) is 30.6 Å². The fourth-order valence-corrected chi connectivity index (χ4v) is 3.11. The topological polar surface area (TPSA) is 25.4 Å². The molecule has 0 amide bonds. The summed E-state index contributed by atoms with van der Waals surface area (Å²) < 4.78 is 5.27. The maximum Gasteiger partial charge on any atom is 0.118 e. The van der Waals surface area contributed by atoms with Gasteiger partial charge in [-0.15, -0.1) is 0 Å². The second kappa shape index (κ2) is 6.72. The number of rotatable bonds is 4. The van der Waals surface area contributed by atoms with Crippen molar-refractivity contribution < 1.29 is 4.74 Å². The van der Waals surface area contributed by atoms with Crippen LogP contribution in [0.3, 0.4) is 0 Å². The van der Waals surface area contributed by atoms with E-state index in [4.69, 9.17) is 4.74 Å². The van der Waals surface area contributed by atoms with Gasteiger partial charge in [0.05, 0.1) is 13.2 Å². The lowest BCUT2D eigenvalue weighted by Gasteiger charge is -2.35. The van der Waals surface area contributed by atoms with Crippen molar-refractivity contribution in [1.82, 2.24) is 9.88 Å². The minimum atomic E-state index is 0.296. The Kier molecular flexibility index (Phi) is 4.51. The van der Waals surface area contributed by atoms with Crippen molar-refractivity contribution in [1.29, 1.82) is 0 Å². The van der Waals surface area contributed by atoms with Crippen LogP contribution < -0.4 is 4.74 Å². The molecular formula is C18H22N2O. The minimum absolute atomic E-state index is 0.296. The third-order valence-electron chi connectivity index (χ3n) is 4.19. The molecule has 1 aromatic carbocycles. The number of nitrogens with zero attached hydrogens (tertiary/aromatic N) is 2. The molecule has 1 saturated heterocycles. The first-order valence-electron chi connectivity index (χ1n) is 7.66. The van der Waals surface area contributed by atoms with Gasteiger partial charge in [0.2, 0.25) is 0 Å². The van der Waals surface area contributed by atoms with Crippen molar-refractivity contribution >= 4 is 0 Å². The first kappa shape index (κ1) is 14.1. The molecule has 1 aliphatic rings. The molecule has 1 aromatic heterocycles. The predicted molar refractivity (Wildman–Crippen MR) is 84.5 cm³/mol. The Bertz CT molecular complexity index is 547. The lowest BCUT2D eigenvalue weighted by Crippen LogP contribution is -2.34. The highest BCUT2D eigenvalue weighted by atomic mass is 16.5. The number of hydrogen-bond donors (Lipinski definition) is 0. The maximum absolute atomic E-state index is 5.27. The lowest BCUT2D eigenvalue weighted by atomic mass is 9.96. The molecule has 0 radical (unpaired) electrons. The SMILES string of the molecule is COc1ccc(C(c2cccnc2)N2CCCCC2)cc1. The summed E-state index contributed by atoms with van der Waals surface area (Å²) in [5, 5.41) is 0. The Hall–Kier alpha value is -1.87. The van der Waals surface area contributed by atoms with Crippen LogP contribution in [-0.2, 0) is 0 Å². The molecular weight excluding hydrogens is 260 g/mol. The number of ether oxygens (including phenoxy) is 1. The number of piperidine rings is 1. The molecule has 0 saturated carbocycles. The number of aromatic nitrogens is 1. The van der Waals surface area contributed by atoms with Gasteiger partial charge in [-0.3, -0.25) is 9.88 Å². The summed E-state index contributed by atoms with van der Waals surface area (Å²) in [6.45, 7) is 2.32. The largest absolute Gasteiger partial charge is 0.497 e. The molecule has 1 fully saturated rings. The fraction of sp³-hybridized carbons (Fsp3) is 0.389. The molecule has 0 bridgehead atoms. The summed E-state index contributed by atoms with van der Waals surface area (Å²) in [4.78, 5) is 6.88. The average Bonchev–Trinajstić information content (AvgIpc) is 2.58. The van der Waals surface area contributed by atoms with Crippen LogP contribution in [0.4, 0.5) is 0 Å². The number of methoxy groups -OCH3 is 1. The first-order valence-corrected chi connectivity index (χ1v) is 7.66. The van der Waals surface area contributed by atoms with E-state index in [1.54, 1.807) is 7.11 Å². The van der Waals surface area contributed by atoms with Crippen LogP contribution in [0.1, 0.15) is 36.4 Å². The van der Waals surface area contributed by atoms with E-state index < -0.39 is 0 Å². The highest BCUT2D eigenvalue weighted by molar-refractivity contribution is 5.34. The van der Waals surface area contributed by atoms with Crippen LogP contribution in [0, 0.1) is 0 Å². The summed E-state index contributed by atoms with van der Waals surface area (Å²) in [6, 6.07) is 12.9. The molecule has 0 spiro atoms. The molecule has 1 unspecified atom stereocenters. The lowest BCUT2D eigenvalue weighted by molar-refractivity contribution is 0.187. The fourth-order valence-electron chi connectivity index (χ4n) is 3.11. The molecule has 1 atom stereocenters. The van der Waals surface area contributed by atoms with Gasteiger partial charge in [-0.1, -0.05) is 24.6 Å². The van der Waals surface area contributed by atoms with E-state index in [0.717, 1.165) is 18.8 Å². The van der Waals surface area contributed by atoms with Crippen molar-refractivity contribution in [3.05, 3.63) is 59.9 Å². The molecule has 3 nitrogen and oxygen atoms in total. The summed E-state index contributed by atoms with van der Waals surface area (Å²) in [5.41, 5.74) is 2.58. The standard InChI is InChI=1S/C18H22N2O/c1-21-17-9-7-15(8-10-17)18(16-6-5-11-19-14-16)20-12-3-2-4-13-20/h5-11,14,18H,2-4,12-13H2,1H3. The van der Waals surface area contributed by atoms with Crippen LogP contribution in [0.25, 0.3) is 0 Å². The normalized spacial score (nSPS) is 17.4. The quantitative estimate of drug-likeness (QED) is 0.855. The third-order valence-corrected chi connectivity index (χ3v) is 4.19. The van der Waals surface area contributed by atoms with Gasteiger partial charge in [0, 0.05) is 12.4 Å². The zero-order chi connectivity index (χ0) is 14.5. The monoisotopic (exact) mass is 282 g/mol. The van der Waals surface area contributed by atoms with Crippen molar-refractivity contribution in [2.45, 2.75) is 25.3 Å². The number of likely N-dealkylation sites (tertiary alicyclic amines) is 1. The van der Waals surface area contributed by atoms with Crippen LogP contribution in [-0.4, -0.2) is 30.1 Å². The molecule has 21 heavy (non-hydrogen) atoms. The van der Waals surface area contributed by atoms with E-state index in [9.17, 15) is 0 Å². The molecule has 1 aliphatic heterocycles. The highest BCUT2D eigenvalue weighted by Crippen LogP contribution is 2.31.